The number of carbonyl (C=O) groups is 1. The summed E-state index contributed by atoms with van der Waals surface area (Å²) in [4.78, 5) is 17.8. The second-order valence-corrected chi connectivity index (χ2v) is 11.1. The van der Waals surface area contributed by atoms with Gasteiger partial charge in [0.1, 0.15) is 18.4 Å². The Morgan fingerprint density at radius 2 is 1.70 bits per heavy atom. The SMILES string of the molecule is CCOC(=O)C1=C(C)Nc2nc(SCc3ccccc3Cl)nn2C1c1ccc(OCc2c(Cl)cccc2Cl)cc1. The third-order valence-electron chi connectivity index (χ3n) is 6.28. The van der Waals surface area contributed by atoms with Crippen molar-refractivity contribution in [2.45, 2.75) is 37.4 Å². The molecule has 0 aliphatic carbocycles. The molecule has 2 heterocycles. The van der Waals surface area contributed by atoms with Gasteiger partial charge in [0, 0.05) is 32.1 Å². The van der Waals surface area contributed by atoms with Crippen LogP contribution < -0.4 is 10.1 Å². The molecule has 1 unspecified atom stereocenters. The Bertz CT molecular complexity index is 1550. The second-order valence-electron chi connectivity index (χ2n) is 8.89. The van der Waals surface area contributed by atoms with Crippen molar-refractivity contribution in [3.05, 3.63) is 110 Å². The van der Waals surface area contributed by atoms with Gasteiger partial charge in [-0.1, -0.05) is 83.0 Å². The Kier molecular flexibility index (Phi) is 8.90. The minimum Gasteiger partial charge on any atom is -0.489 e. The van der Waals surface area contributed by atoms with Crippen LogP contribution in [-0.2, 0) is 21.9 Å². The molecule has 3 aromatic carbocycles. The number of hydrogen-bond donors (Lipinski definition) is 1. The molecule has 40 heavy (non-hydrogen) atoms. The Labute approximate surface area is 251 Å². The number of hydrogen-bond acceptors (Lipinski definition) is 7. The Hall–Kier alpha value is -3.17. The molecular weight excluding hydrogens is 591 g/mol. The Balaban J connectivity index is 1.42. The highest BCUT2D eigenvalue weighted by Gasteiger charge is 2.35. The highest BCUT2D eigenvalue weighted by atomic mass is 35.5. The third kappa shape index (κ3) is 6.10. The molecule has 7 nitrogen and oxygen atoms in total. The van der Waals surface area contributed by atoms with Crippen LogP contribution in [0, 0.1) is 0 Å². The van der Waals surface area contributed by atoms with E-state index in [9.17, 15) is 4.79 Å². The lowest BCUT2D eigenvalue weighted by Gasteiger charge is -2.28. The summed E-state index contributed by atoms with van der Waals surface area (Å²) in [5, 5.41) is 10.3. The van der Waals surface area contributed by atoms with Gasteiger partial charge in [0.25, 0.3) is 0 Å². The summed E-state index contributed by atoms with van der Waals surface area (Å²) in [5.41, 5.74) is 3.63. The average Bonchev–Trinajstić information content (AvgIpc) is 3.34. The molecule has 1 aromatic heterocycles. The van der Waals surface area contributed by atoms with Crippen LogP contribution in [0.1, 0.15) is 36.6 Å². The van der Waals surface area contributed by atoms with Gasteiger partial charge in [-0.15, -0.1) is 5.10 Å². The van der Waals surface area contributed by atoms with Crippen LogP contribution in [0.15, 0.2) is 83.2 Å². The smallest absolute Gasteiger partial charge is 0.338 e. The molecule has 1 aliphatic heterocycles. The van der Waals surface area contributed by atoms with Crippen molar-refractivity contribution >= 4 is 58.5 Å². The topological polar surface area (TPSA) is 78.3 Å². The van der Waals surface area contributed by atoms with Gasteiger partial charge in [-0.05, 0) is 55.3 Å². The first-order chi connectivity index (χ1) is 19.4. The van der Waals surface area contributed by atoms with E-state index < -0.39 is 12.0 Å². The van der Waals surface area contributed by atoms with E-state index >= 15 is 0 Å². The zero-order valence-corrected chi connectivity index (χ0v) is 24.7. The molecule has 0 amide bonds. The number of nitrogens with one attached hydrogen (secondary N) is 1. The fraction of sp³-hybridized carbons (Fsp3) is 0.207. The molecule has 5 rings (SSSR count). The standard InChI is InChI=1S/C29H25Cl3N4O3S/c1-3-38-27(37)25-17(2)33-28-34-29(40-16-19-7-4-5-8-22(19)30)35-36(28)26(25)18-11-13-20(14-12-18)39-15-21-23(31)9-6-10-24(21)32/h4-14,26H,3,15-16H2,1-2H3,(H,33,34,35). The number of aromatic nitrogens is 3. The van der Waals surface area contributed by atoms with Crippen molar-refractivity contribution in [2.24, 2.45) is 0 Å². The number of esters is 1. The maximum atomic E-state index is 13.1. The van der Waals surface area contributed by atoms with Gasteiger partial charge in [0.2, 0.25) is 11.1 Å². The summed E-state index contributed by atoms with van der Waals surface area (Å²) in [6.07, 6.45) is 0. The fourth-order valence-corrected chi connectivity index (χ4v) is 5.93. The van der Waals surface area contributed by atoms with Gasteiger partial charge >= 0.3 is 5.97 Å². The van der Waals surface area contributed by atoms with Crippen molar-refractivity contribution in [1.82, 2.24) is 14.8 Å². The molecule has 206 valence electrons. The largest absolute Gasteiger partial charge is 0.489 e. The summed E-state index contributed by atoms with van der Waals surface area (Å²) >= 11 is 20.4. The van der Waals surface area contributed by atoms with E-state index in [1.165, 1.54) is 11.8 Å². The molecule has 0 radical (unpaired) electrons. The molecule has 1 aliphatic rings. The summed E-state index contributed by atoms with van der Waals surface area (Å²) < 4.78 is 13.1. The Morgan fingerprint density at radius 1 is 1.00 bits per heavy atom. The number of thioether (sulfide) groups is 1. The first-order valence-electron chi connectivity index (χ1n) is 12.5. The lowest BCUT2D eigenvalue weighted by molar-refractivity contribution is -0.139. The van der Waals surface area contributed by atoms with E-state index in [2.05, 4.69) is 10.3 Å². The van der Waals surface area contributed by atoms with E-state index in [-0.39, 0.29) is 13.2 Å². The number of nitrogens with zero attached hydrogens (tertiary/aromatic N) is 3. The van der Waals surface area contributed by atoms with Crippen LogP contribution in [0.2, 0.25) is 15.1 Å². The van der Waals surface area contributed by atoms with E-state index in [4.69, 9.17) is 49.4 Å². The number of allylic oxidation sites excluding steroid dienone is 1. The second kappa shape index (κ2) is 12.6. The maximum absolute atomic E-state index is 13.1. The van der Waals surface area contributed by atoms with Crippen molar-refractivity contribution in [3.8, 4) is 5.75 Å². The van der Waals surface area contributed by atoms with Gasteiger partial charge in [-0.2, -0.15) is 4.98 Å². The van der Waals surface area contributed by atoms with E-state index in [0.29, 0.717) is 54.5 Å². The van der Waals surface area contributed by atoms with Crippen molar-refractivity contribution in [3.63, 3.8) is 0 Å². The number of anilines is 1. The van der Waals surface area contributed by atoms with Crippen molar-refractivity contribution in [2.75, 3.05) is 11.9 Å². The molecule has 0 saturated carbocycles. The summed E-state index contributed by atoms with van der Waals surface area (Å²) in [5.74, 6) is 1.34. The number of rotatable bonds is 9. The first-order valence-corrected chi connectivity index (χ1v) is 14.6. The van der Waals surface area contributed by atoms with Gasteiger partial charge in [-0.25, -0.2) is 9.48 Å². The fourth-order valence-electron chi connectivity index (χ4n) is 4.30. The van der Waals surface area contributed by atoms with E-state index in [0.717, 1.165) is 11.1 Å². The number of halogens is 3. The minimum atomic E-state index is -0.551. The van der Waals surface area contributed by atoms with Gasteiger partial charge in [0.05, 0.1) is 12.2 Å². The maximum Gasteiger partial charge on any atom is 0.338 e. The molecule has 1 N–H and O–H groups in total. The van der Waals surface area contributed by atoms with Crippen molar-refractivity contribution in [1.29, 1.82) is 0 Å². The lowest BCUT2D eigenvalue weighted by Crippen LogP contribution is -2.29. The van der Waals surface area contributed by atoms with Crippen LogP contribution in [0.25, 0.3) is 0 Å². The predicted octanol–water partition coefficient (Wildman–Crippen LogP) is 7.96. The highest BCUT2D eigenvalue weighted by Crippen LogP contribution is 2.38. The van der Waals surface area contributed by atoms with Crippen LogP contribution in [0.5, 0.6) is 5.75 Å². The number of ether oxygens (including phenoxy) is 2. The first kappa shape index (κ1) is 28.4. The van der Waals surface area contributed by atoms with Gasteiger partial charge in [-0.3, -0.25) is 0 Å². The Morgan fingerprint density at radius 3 is 2.40 bits per heavy atom. The molecule has 0 saturated heterocycles. The third-order valence-corrected chi connectivity index (χ3v) is 8.25. The number of carbonyl (C=O) groups excluding carboxylic acids is 1. The zero-order chi connectivity index (χ0) is 28.2. The molecule has 0 bridgehead atoms. The van der Waals surface area contributed by atoms with Crippen LogP contribution >= 0.6 is 46.6 Å². The predicted molar refractivity (Wildman–Crippen MR) is 159 cm³/mol. The minimum absolute atomic E-state index is 0.220. The monoisotopic (exact) mass is 614 g/mol. The molecule has 4 aromatic rings. The summed E-state index contributed by atoms with van der Waals surface area (Å²) in [6.45, 7) is 4.08. The van der Waals surface area contributed by atoms with E-state index in [1.54, 1.807) is 29.8 Å². The number of fused-ring (bicyclic) bond motifs is 1. The molecular formula is C29H25Cl3N4O3S. The number of benzene rings is 3. The van der Waals surface area contributed by atoms with Gasteiger partial charge < -0.3 is 14.8 Å². The van der Waals surface area contributed by atoms with E-state index in [1.807, 2.05) is 55.5 Å². The van der Waals surface area contributed by atoms with Crippen LogP contribution in [0.3, 0.4) is 0 Å². The molecule has 1 atom stereocenters. The summed E-state index contributed by atoms with van der Waals surface area (Å²) in [6, 6.07) is 19.9. The van der Waals surface area contributed by atoms with Gasteiger partial charge in [0.15, 0.2) is 0 Å². The van der Waals surface area contributed by atoms with Crippen LogP contribution in [-0.4, -0.2) is 27.3 Å². The quantitative estimate of drug-likeness (QED) is 0.151. The zero-order valence-electron chi connectivity index (χ0n) is 21.7. The summed E-state index contributed by atoms with van der Waals surface area (Å²) in [7, 11) is 0. The average molecular weight is 616 g/mol. The normalized spacial score (nSPS) is 14.5. The molecule has 11 heteroatoms. The van der Waals surface area contributed by atoms with Crippen molar-refractivity contribution < 1.29 is 14.3 Å². The molecule has 0 spiro atoms. The van der Waals surface area contributed by atoms with Crippen LogP contribution in [0.4, 0.5) is 5.95 Å². The lowest BCUT2D eigenvalue weighted by atomic mass is 9.96. The highest BCUT2D eigenvalue weighted by molar-refractivity contribution is 7.98. The molecule has 0 fully saturated rings.